The number of H-pyrrole nitrogens is 1. The van der Waals surface area contributed by atoms with Crippen LogP contribution in [0.25, 0.3) is 0 Å². The third-order valence-corrected chi connectivity index (χ3v) is 1.59. The molecule has 72 valence electrons. The number of hydrogen-bond acceptors (Lipinski definition) is 3. The lowest BCUT2D eigenvalue weighted by Gasteiger charge is -2.06. The third kappa shape index (κ3) is 1.67. The van der Waals surface area contributed by atoms with Gasteiger partial charge in [-0.25, -0.2) is 8.78 Å². The molecule has 0 saturated heterocycles. The van der Waals surface area contributed by atoms with Crippen molar-refractivity contribution in [2.75, 3.05) is 0 Å². The second kappa shape index (κ2) is 3.53. The van der Waals surface area contributed by atoms with Crippen LogP contribution in [0.2, 0.25) is 0 Å². The van der Waals surface area contributed by atoms with Crippen LogP contribution in [0.1, 0.15) is 17.6 Å². The van der Waals surface area contributed by atoms with Crippen molar-refractivity contribution in [1.29, 1.82) is 0 Å². The van der Waals surface area contributed by atoms with Crippen molar-refractivity contribution in [1.82, 2.24) is 4.98 Å². The van der Waals surface area contributed by atoms with Crippen molar-refractivity contribution in [2.24, 2.45) is 0 Å². The molecule has 0 aliphatic heterocycles. The Morgan fingerprint density at radius 3 is 2.54 bits per heavy atom. The van der Waals surface area contributed by atoms with E-state index in [0.717, 1.165) is 6.20 Å². The number of aliphatic hydroxyl groups is 1. The molecule has 1 aromatic rings. The highest BCUT2D eigenvalue weighted by Gasteiger charge is 2.19. The largest absolute Gasteiger partial charge is 0.506 e. The van der Waals surface area contributed by atoms with Gasteiger partial charge < -0.3 is 15.2 Å². The van der Waals surface area contributed by atoms with E-state index in [1.807, 2.05) is 4.98 Å². The lowest BCUT2D eigenvalue weighted by molar-refractivity contribution is 0.142. The minimum absolute atomic E-state index is 0.505. The Balaban J connectivity index is 3.44. The molecule has 0 aliphatic carbocycles. The van der Waals surface area contributed by atoms with Gasteiger partial charge in [0, 0.05) is 6.20 Å². The number of rotatable bonds is 2. The van der Waals surface area contributed by atoms with E-state index in [1.165, 1.54) is 0 Å². The van der Waals surface area contributed by atoms with Gasteiger partial charge in [-0.2, -0.15) is 0 Å². The van der Waals surface area contributed by atoms with Crippen LogP contribution in [-0.4, -0.2) is 15.2 Å². The zero-order valence-corrected chi connectivity index (χ0v) is 6.42. The zero-order chi connectivity index (χ0) is 10.0. The smallest absolute Gasteiger partial charge is 0.268 e. The summed E-state index contributed by atoms with van der Waals surface area (Å²) in [4.78, 5) is 12.9. The first kappa shape index (κ1) is 9.66. The van der Waals surface area contributed by atoms with Crippen LogP contribution >= 0.6 is 0 Å². The highest BCUT2D eigenvalue weighted by Crippen LogP contribution is 2.28. The number of pyridine rings is 1. The topological polar surface area (TPSA) is 73.3 Å². The Hall–Kier alpha value is -1.43. The number of alkyl halides is 2. The molecule has 0 bridgehead atoms. The maximum atomic E-state index is 12.2. The average Bonchev–Trinajstić information content (AvgIpc) is 2.07. The van der Waals surface area contributed by atoms with Crippen LogP contribution in [-0.2, 0) is 6.61 Å². The van der Waals surface area contributed by atoms with Crippen LogP contribution < -0.4 is 5.56 Å². The van der Waals surface area contributed by atoms with Gasteiger partial charge in [0.25, 0.3) is 12.0 Å². The average molecular weight is 191 g/mol. The Kier molecular flexibility index (Phi) is 2.62. The monoisotopic (exact) mass is 191 g/mol. The molecule has 0 radical (unpaired) electrons. The van der Waals surface area contributed by atoms with E-state index >= 15 is 0 Å². The summed E-state index contributed by atoms with van der Waals surface area (Å²) in [7, 11) is 0. The number of aromatic amines is 1. The summed E-state index contributed by atoms with van der Waals surface area (Å²) in [6.07, 6.45) is -2.22. The van der Waals surface area contributed by atoms with Crippen LogP contribution in [0.5, 0.6) is 5.75 Å². The van der Waals surface area contributed by atoms with E-state index in [-0.39, 0.29) is 0 Å². The van der Waals surface area contributed by atoms with Crippen LogP contribution in [0.3, 0.4) is 0 Å². The Bertz CT molecular complexity index is 361. The molecule has 3 N–H and O–H groups in total. The summed E-state index contributed by atoms with van der Waals surface area (Å²) in [6.45, 7) is -0.830. The standard InChI is InChI=1S/C7H7F2NO3/c8-6(9)5-3(2-11)7(13)10-1-4(5)12/h1,6,11-12H,2H2,(H,10,13). The van der Waals surface area contributed by atoms with Gasteiger partial charge in [-0.05, 0) is 0 Å². The SMILES string of the molecule is O=c1[nH]cc(O)c(C(F)F)c1CO. The first-order valence-electron chi connectivity index (χ1n) is 3.40. The van der Waals surface area contributed by atoms with Crippen molar-refractivity contribution >= 4 is 0 Å². The summed E-state index contributed by atoms with van der Waals surface area (Å²) in [6, 6.07) is 0. The van der Waals surface area contributed by atoms with Gasteiger partial charge in [0.05, 0.1) is 17.7 Å². The van der Waals surface area contributed by atoms with Crippen molar-refractivity contribution in [3.8, 4) is 5.75 Å². The summed E-state index contributed by atoms with van der Waals surface area (Å²) in [5.74, 6) is -0.723. The Labute approximate surface area is 71.5 Å². The normalized spacial score (nSPS) is 10.8. The molecule has 1 rings (SSSR count). The molecule has 0 amide bonds. The maximum Gasteiger partial charge on any atom is 0.268 e. The molecule has 0 atom stereocenters. The van der Waals surface area contributed by atoms with E-state index in [1.54, 1.807) is 0 Å². The maximum absolute atomic E-state index is 12.2. The number of aromatic hydroxyl groups is 1. The van der Waals surface area contributed by atoms with Gasteiger partial charge in [-0.3, -0.25) is 4.79 Å². The summed E-state index contributed by atoms with van der Waals surface area (Å²) in [5, 5.41) is 17.6. The Morgan fingerprint density at radius 2 is 2.15 bits per heavy atom. The first-order chi connectivity index (χ1) is 6.07. The quantitative estimate of drug-likeness (QED) is 0.637. The highest BCUT2D eigenvalue weighted by atomic mass is 19.3. The molecule has 6 heteroatoms. The van der Waals surface area contributed by atoms with E-state index in [4.69, 9.17) is 10.2 Å². The van der Waals surface area contributed by atoms with Crippen LogP contribution in [0.4, 0.5) is 8.78 Å². The summed E-state index contributed by atoms with van der Waals surface area (Å²) in [5.41, 5.74) is -2.14. The predicted molar refractivity (Wildman–Crippen MR) is 39.6 cm³/mol. The number of hydrogen-bond donors (Lipinski definition) is 3. The number of aliphatic hydroxyl groups excluding tert-OH is 1. The lowest BCUT2D eigenvalue weighted by Crippen LogP contribution is -2.15. The molecule has 0 fully saturated rings. The predicted octanol–water partition coefficient (Wildman–Crippen LogP) is 0.510. The van der Waals surface area contributed by atoms with Gasteiger partial charge in [-0.15, -0.1) is 0 Å². The summed E-state index contributed by atoms with van der Waals surface area (Å²) >= 11 is 0. The van der Waals surface area contributed by atoms with Crippen LogP contribution in [0.15, 0.2) is 11.0 Å². The molecule has 0 unspecified atom stereocenters. The fourth-order valence-electron chi connectivity index (χ4n) is 0.976. The van der Waals surface area contributed by atoms with E-state index < -0.39 is 35.5 Å². The van der Waals surface area contributed by atoms with Crippen molar-refractivity contribution in [3.05, 3.63) is 27.7 Å². The van der Waals surface area contributed by atoms with Crippen molar-refractivity contribution in [2.45, 2.75) is 13.0 Å². The van der Waals surface area contributed by atoms with Crippen LogP contribution in [0, 0.1) is 0 Å². The second-order valence-electron chi connectivity index (χ2n) is 2.35. The second-order valence-corrected chi connectivity index (χ2v) is 2.35. The summed E-state index contributed by atoms with van der Waals surface area (Å²) < 4.78 is 24.5. The van der Waals surface area contributed by atoms with Gasteiger partial charge >= 0.3 is 0 Å². The van der Waals surface area contributed by atoms with Gasteiger partial charge in [0.15, 0.2) is 0 Å². The molecule has 0 spiro atoms. The zero-order valence-electron chi connectivity index (χ0n) is 6.42. The molecule has 1 aromatic heterocycles. The first-order valence-corrected chi connectivity index (χ1v) is 3.40. The van der Waals surface area contributed by atoms with E-state index in [0.29, 0.717) is 0 Å². The Morgan fingerprint density at radius 1 is 1.54 bits per heavy atom. The third-order valence-electron chi connectivity index (χ3n) is 1.59. The highest BCUT2D eigenvalue weighted by molar-refractivity contribution is 5.36. The molecular formula is C7H7F2NO3. The number of nitrogens with one attached hydrogen (secondary N) is 1. The molecule has 1 heterocycles. The van der Waals surface area contributed by atoms with E-state index in [2.05, 4.69) is 0 Å². The molecule has 4 nitrogen and oxygen atoms in total. The minimum atomic E-state index is -2.98. The van der Waals surface area contributed by atoms with Crippen molar-refractivity contribution in [3.63, 3.8) is 0 Å². The minimum Gasteiger partial charge on any atom is -0.506 e. The fraction of sp³-hybridized carbons (Fsp3) is 0.286. The number of aromatic nitrogens is 1. The van der Waals surface area contributed by atoms with E-state index in [9.17, 15) is 13.6 Å². The fourth-order valence-corrected chi connectivity index (χ4v) is 0.976. The molecule has 0 saturated carbocycles. The number of halogens is 2. The molecule has 0 aliphatic rings. The molecule has 0 aromatic carbocycles. The van der Waals surface area contributed by atoms with Crippen molar-refractivity contribution < 1.29 is 19.0 Å². The van der Waals surface area contributed by atoms with Gasteiger partial charge in [0.1, 0.15) is 5.75 Å². The molecular weight excluding hydrogens is 184 g/mol. The van der Waals surface area contributed by atoms with Gasteiger partial charge in [0.2, 0.25) is 0 Å². The van der Waals surface area contributed by atoms with Gasteiger partial charge in [-0.1, -0.05) is 0 Å². The molecule has 13 heavy (non-hydrogen) atoms. The lowest BCUT2D eigenvalue weighted by atomic mass is 10.1.